The Kier molecular flexibility index (Phi) is 3.13. The summed E-state index contributed by atoms with van der Waals surface area (Å²) in [4.78, 5) is 10.3. The molecule has 0 bridgehead atoms. The third-order valence-corrected chi connectivity index (χ3v) is 1.22. The molecule has 0 aromatic heterocycles. The molecule has 0 saturated heterocycles. The summed E-state index contributed by atoms with van der Waals surface area (Å²) >= 11 is 0. The van der Waals surface area contributed by atoms with Gasteiger partial charge in [-0.05, 0) is 12.3 Å². The van der Waals surface area contributed by atoms with Crippen LogP contribution >= 0.6 is 0 Å². The molecular weight excluding hydrogens is 128 g/mol. The second kappa shape index (κ2) is 3.40. The molecular formula is C8H14O2. The predicted octanol–water partition coefficient (Wildman–Crippen LogP) is 2.06. The summed E-state index contributed by atoms with van der Waals surface area (Å²) in [5.41, 5.74) is -0.208. The van der Waals surface area contributed by atoms with E-state index in [0.717, 1.165) is 0 Å². The minimum Gasteiger partial charge on any atom is -0.481 e. The number of carboxylic acid groups (broad SMARTS) is 1. The molecule has 0 saturated carbocycles. The fraction of sp³-hybridized carbons (Fsp3) is 0.625. The molecule has 0 aliphatic heterocycles. The summed E-state index contributed by atoms with van der Waals surface area (Å²) in [5, 5.41) is 8.44. The van der Waals surface area contributed by atoms with Crippen LogP contribution in [0.15, 0.2) is 12.2 Å². The molecule has 0 radical (unpaired) electrons. The van der Waals surface area contributed by atoms with Crippen molar-refractivity contribution in [2.24, 2.45) is 5.41 Å². The van der Waals surface area contributed by atoms with Crippen molar-refractivity contribution in [1.82, 2.24) is 0 Å². The third kappa shape index (κ3) is 4.13. The van der Waals surface area contributed by atoms with E-state index in [1.165, 1.54) is 0 Å². The molecule has 0 spiro atoms. The van der Waals surface area contributed by atoms with Crippen LogP contribution < -0.4 is 0 Å². The average molecular weight is 142 g/mol. The first kappa shape index (κ1) is 9.21. The fourth-order valence-electron chi connectivity index (χ4n) is 0.900. The quantitative estimate of drug-likeness (QED) is 0.612. The standard InChI is InChI=1S/C8H14O2/c1-4-5-8(2,3)6-7(9)10/h4-5H,6H2,1-3H3,(H,9,10)/b5-4+. The van der Waals surface area contributed by atoms with E-state index in [2.05, 4.69) is 0 Å². The van der Waals surface area contributed by atoms with Crippen LogP contribution in [0.5, 0.6) is 0 Å². The molecule has 0 fully saturated rings. The van der Waals surface area contributed by atoms with E-state index in [1.807, 2.05) is 32.9 Å². The van der Waals surface area contributed by atoms with E-state index < -0.39 is 5.97 Å². The maximum Gasteiger partial charge on any atom is 0.304 e. The normalized spacial score (nSPS) is 12.3. The summed E-state index contributed by atoms with van der Waals surface area (Å²) in [6.45, 7) is 5.70. The van der Waals surface area contributed by atoms with E-state index in [-0.39, 0.29) is 11.8 Å². The number of allylic oxidation sites excluding steroid dienone is 2. The number of carboxylic acids is 1. The zero-order chi connectivity index (χ0) is 8.20. The lowest BCUT2D eigenvalue weighted by Gasteiger charge is -2.16. The molecule has 0 aliphatic carbocycles. The van der Waals surface area contributed by atoms with Crippen LogP contribution in [-0.2, 0) is 4.79 Å². The Morgan fingerprint density at radius 1 is 1.60 bits per heavy atom. The minimum absolute atomic E-state index is 0.192. The van der Waals surface area contributed by atoms with E-state index in [9.17, 15) is 4.79 Å². The SMILES string of the molecule is C/C=C/C(C)(C)CC(=O)O. The lowest BCUT2D eigenvalue weighted by atomic mass is 9.89. The Morgan fingerprint density at radius 3 is 2.40 bits per heavy atom. The van der Waals surface area contributed by atoms with Crippen LogP contribution in [0.3, 0.4) is 0 Å². The van der Waals surface area contributed by atoms with Crippen molar-refractivity contribution < 1.29 is 9.90 Å². The predicted molar refractivity (Wildman–Crippen MR) is 40.8 cm³/mol. The molecule has 0 atom stereocenters. The van der Waals surface area contributed by atoms with Gasteiger partial charge in [-0.2, -0.15) is 0 Å². The summed E-state index contributed by atoms with van der Waals surface area (Å²) in [6, 6.07) is 0. The number of carbonyl (C=O) groups is 1. The minimum atomic E-state index is -0.747. The van der Waals surface area contributed by atoms with Crippen LogP contribution in [0, 0.1) is 5.41 Å². The third-order valence-electron chi connectivity index (χ3n) is 1.22. The van der Waals surface area contributed by atoms with Crippen molar-refractivity contribution in [3.8, 4) is 0 Å². The van der Waals surface area contributed by atoms with Crippen molar-refractivity contribution in [3.63, 3.8) is 0 Å². The monoisotopic (exact) mass is 142 g/mol. The molecule has 58 valence electrons. The van der Waals surface area contributed by atoms with Gasteiger partial charge < -0.3 is 5.11 Å². The van der Waals surface area contributed by atoms with Crippen molar-refractivity contribution in [2.75, 3.05) is 0 Å². The molecule has 0 aromatic carbocycles. The summed E-state index contributed by atoms with van der Waals surface area (Å²) < 4.78 is 0. The maximum absolute atomic E-state index is 10.3. The van der Waals surface area contributed by atoms with Gasteiger partial charge in [0.15, 0.2) is 0 Å². The van der Waals surface area contributed by atoms with Crippen molar-refractivity contribution in [1.29, 1.82) is 0 Å². The van der Waals surface area contributed by atoms with Crippen molar-refractivity contribution in [3.05, 3.63) is 12.2 Å². The maximum atomic E-state index is 10.3. The highest BCUT2D eigenvalue weighted by Gasteiger charge is 2.17. The van der Waals surface area contributed by atoms with E-state index in [4.69, 9.17) is 5.11 Å². The molecule has 0 amide bonds. The number of hydrogen-bond acceptors (Lipinski definition) is 1. The smallest absolute Gasteiger partial charge is 0.304 e. The Hall–Kier alpha value is -0.790. The highest BCUT2D eigenvalue weighted by Crippen LogP contribution is 2.21. The largest absolute Gasteiger partial charge is 0.481 e. The topological polar surface area (TPSA) is 37.3 Å². The first-order chi connectivity index (χ1) is 4.48. The van der Waals surface area contributed by atoms with Gasteiger partial charge in [0, 0.05) is 0 Å². The Bertz CT molecular complexity index is 145. The molecule has 2 nitrogen and oxygen atoms in total. The van der Waals surface area contributed by atoms with Crippen molar-refractivity contribution >= 4 is 5.97 Å². The molecule has 2 heteroatoms. The zero-order valence-corrected chi connectivity index (χ0v) is 6.72. The van der Waals surface area contributed by atoms with Gasteiger partial charge in [-0.1, -0.05) is 26.0 Å². The van der Waals surface area contributed by atoms with Gasteiger partial charge in [0.2, 0.25) is 0 Å². The number of aliphatic carboxylic acids is 1. The van der Waals surface area contributed by atoms with Crippen LogP contribution in [0.4, 0.5) is 0 Å². The molecule has 10 heavy (non-hydrogen) atoms. The zero-order valence-electron chi connectivity index (χ0n) is 6.72. The fourth-order valence-corrected chi connectivity index (χ4v) is 0.900. The van der Waals surface area contributed by atoms with E-state index in [0.29, 0.717) is 0 Å². The van der Waals surface area contributed by atoms with E-state index in [1.54, 1.807) is 0 Å². The van der Waals surface area contributed by atoms with Crippen LogP contribution in [0.1, 0.15) is 27.2 Å². The first-order valence-electron chi connectivity index (χ1n) is 3.33. The first-order valence-corrected chi connectivity index (χ1v) is 3.33. The second-order valence-electron chi connectivity index (χ2n) is 3.06. The van der Waals surface area contributed by atoms with Crippen molar-refractivity contribution in [2.45, 2.75) is 27.2 Å². The average Bonchev–Trinajstić information content (AvgIpc) is 1.59. The van der Waals surface area contributed by atoms with Crippen LogP contribution in [-0.4, -0.2) is 11.1 Å². The molecule has 0 aliphatic rings. The molecule has 0 unspecified atom stereocenters. The summed E-state index contributed by atoms with van der Waals surface area (Å²) in [6.07, 6.45) is 3.97. The summed E-state index contributed by atoms with van der Waals surface area (Å²) in [5.74, 6) is -0.747. The van der Waals surface area contributed by atoms with Gasteiger partial charge in [-0.15, -0.1) is 0 Å². The number of rotatable bonds is 3. The highest BCUT2D eigenvalue weighted by molar-refractivity contribution is 5.67. The van der Waals surface area contributed by atoms with Gasteiger partial charge in [0.1, 0.15) is 0 Å². The second-order valence-corrected chi connectivity index (χ2v) is 3.06. The van der Waals surface area contributed by atoms with E-state index >= 15 is 0 Å². The van der Waals surface area contributed by atoms with Gasteiger partial charge >= 0.3 is 5.97 Å². The molecule has 0 rings (SSSR count). The molecule has 0 aromatic rings. The van der Waals surface area contributed by atoms with Gasteiger partial charge in [-0.3, -0.25) is 4.79 Å². The summed E-state index contributed by atoms with van der Waals surface area (Å²) in [7, 11) is 0. The lowest BCUT2D eigenvalue weighted by Crippen LogP contribution is -2.13. The lowest BCUT2D eigenvalue weighted by molar-refractivity contribution is -0.138. The Morgan fingerprint density at radius 2 is 2.10 bits per heavy atom. The Balaban J connectivity index is 3.99. The molecule has 0 heterocycles. The van der Waals surface area contributed by atoms with Gasteiger partial charge in [-0.25, -0.2) is 0 Å². The van der Waals surface area contributed by atoms with Crippen LogP contribution in [0.2, 0.25) is 0 Å². The number of hydrogen-bond donors (Lipinski definition) is 1. The highest BCUT2D eigenvalue weighted by atomic mass is 16.4. The van der Waals surface area contributed by atoms with Crippen LogP contribution in [0.25, 0.3) is 0 Å². The Labute approximate surface area is 61.6 Å². The molecule has 1 N–H and O–H groups in total. The van der Waals surface area contributed by atoms with Gasteiger partial charge in [0.25, 0.3) is 0 Å². The van der Waals surface area contributed by atoms with Gasteiger partial charge in [0.05, 0.1) is 6.42 Å².